The van der Waals surface area contributed by atoms with Gasteiger partial charge in [-0.05, 0) is 25.3 Å². The van der Waals surface area contributed by atoms with Crippen LogP contribution < -0.4 is 11.2 Å². The van der Waals surface area contributed by atoms with Crippen molar-refractivity contribution in [2.24, 2.45) is 5.11 Å². The number of ether oxygens (including phenoxy) is 2. The van der Waals surface area contributed by atoms with E-state index in [9.17, 15) is 19.2 Å². The molecule has 0 bridgehead atoms. The van der Waals surface area contributed by atoms with Crippen LogP contribution in [0.4, 0.5) is 0 Å². The van der Waals surface area contributed by atoms with Crippen molar-refractivity contribution in [2.45, 2.75) is 95.9 Å². The fourth-order valence-corrected chi connectivity index (χ4v) is 3.88. The third kappa shape index (κ3) is 9.03. The number of H-pyrrole nitrogens is 1. The smallest absolute Gasteiger partial charge is 0.330 e. The second kappa shape index (κ2) is 14.2. The summed E-state index contributed by atoms with van der Waals surface area (Å²) in [6, 6.07) is -0.613. The maximum atomic E-state index is 12.1. The van der Waals surface area contributed by atoms with E-state index in [1.807, 2.05) is 0 Å². The number of hydrogen-bond donors (Lipinski definition) is 2. The predicted octanol–water partition coefficient (Wildman–Crippen LogP) is 3.34. The summed E-state index contributed by atoms with van der Waals surface area (Å²) in [4.78, 5) is 51.3. The average molecular weight is 480 g/mol. The van der Waals surface area contributed by atoms with E-state index in [4.69, 9.17) is 20.1 Å². The summed E-state index contributed by atoms with van der Waals surface area (Å²) in [5.41, 5.74) is 8.08. The van der Waals surface area contributed by atoms with E-state index in [0.29, 0.717) is 18.4 Å². The van der Waals surface area contributed by atoms with Gasteiger partial charge in [-0.3, -0.25) is 23.9 Å². The number of rotatable bonds is 15. The Kier molecular flexibility index (Phi) is 11.3. The van der Waals surface area contributed by atoms with E-state index in [2.05, 4.69) is 15.0 Å². The largest absolute Gasteiger partial charge is 0.481 e. The highest BCUT2D eigenvalue weighted by atomic mass is 16.6. The number of carbonyl (C=O) groups excluding carboxylic acids is 1. The summed E-state index contributed by atoms with van der Waals surface area (Å²) in [5, 5.41) is 12.3. The zero-order chi connectivity index (χ0) is 24.9. The first-order valence-corrected chi connectivity index (χ1v) is 11.7. The Bertz CT molecular complexity index is 983. The van der Waals surface area contributed by atoms with Crippen LogP contribution in [-0.4, -0.2) is 45.3 Å². The number of esters is 1. The SMILES string of the molecule is Cc1cn([C@H]2C[C@H](N=[N+]=[N-])[C@@H](COC(=O)CCCCCCCCCCC(=O)O)O2)c(=O)[nH]c1=O. The Morgan fingerprint density at radius 1 is 1.18 bits per heavy atom. The summed E-state index contributed by atoms with van der Waals surface area (Å²) in [6.07, 6.45) is 8.07. The quantitative estimate of drug-likeness (QED) is 0.127. The third-order valence-electron chi connectivity index (χ3n) is 5.79. The van der Waals surface area contributed by atoms with Gasteiger partial charge in [0.2, 0.25) is 0 Å². The minimum atomic E-state index is -0.751. The van der Waals surface area contributed by atoms with Crippen molar-refractivity contribution in [3.05, 3.63) is 43.0 Å². The van der Waals surface area contributed by atoms with E-state index in [-0.39, 0.29) is 31.8 Å². The van der Waals surface area contributed by atoms with Crippen molar-refractivity contribution in [1.29, 1.82) is 0 Å². The average Bonchev–Trinajstić information content (AvgIpc) is 3.18. The lowest BCUT2D eigenvalue weighted by Gasteiger charge is -2.17. The van der Waals surface area contributed by atoms with Gasteiger partial charge in [-0.1, -0.05) is 43.6 Å². The van der Waals surface area contributed by atoms with Crippen molar-refractivity contribution in [2.75, 3.05) is 6.61 Å². The number of aryl methyl sites for hydroxylation is 1. The maximum absolute atomic E-state index is 12.1. The minimum absolute atomic E-state index is 0.0908. The summed E-state index contributed by atoms with van der Waals surface area (Å²) < 4.78 is 12.4. The van der Waals surface area contributed by atoms with E-state index in [0.717, 1.165) is 38.5 Å². The van der Waals surface area contributed by atoms with Gasteiger partial charge in [0.05, 0.1) is 6.04 Å². The number of unbranched alkanes of at least 4 members (excludes halogenated alkanes) is 7. The van der Waals surface area contributed by atoms with Crippen LogP contribution in [0.3, 0.4) is 0 Å². The number of azide groups is 1. The molecule has 0 spiro atoms. The number of carboxylic acid groups (broad SMARTS) is 1. The molecule has 0 aliphatic carbocycles. The highest BCUT2D eigenvalue weighted by Crippen LogP contribution is 2.30. The molecule has 12 nitrogen and oxygen atoms in total. The van der Waals surface area contributed by atoms with Gasteiger partial charge in [0, 0.05) is 35.9 Å². The first-order chi connectivity index (χ1) is 16.3. The van der Waals surface area contributed by atoms with Crippen molar-refractivity contribution >= 4 is 11.9 Å². The molecule has 34 heavy (non-hydrogen) atoms. The number of nitrogens with zero attached hydrogens (tertiary/aromatic N) is 4. The van der Waals surface area contributed by atoms with Crippen LogP contribution in [0, 0.1) is 6.92 Å². The van der Waals surface area contributed by atoms with E-state index in [1.54, 1.807) is 6.92 Å². The summed E-state index contributed by atoms with van der Waals surface area (Å²) in [7, 11) is 0. The van der Waals surface area contributed by atoms with Gasteiger partial charge in [0.1, 0.15) is 18.9 Å². The van der Waals surface area contributed by atoms with Gasteiger partial charge in [-0.25, -0.2) is 4.79 Å². The third-order valence-corrected chi connectivity index (χ3v) is 5.79. The molecule has 0 saturated carbocycles. The molecule has 188 valence electrons. The number of carbonyl (C=O) groups is 2. The van der Waals surface area contributed by atoms with Crippen LogP contribution >= 0.6 is 0 Å². The van der Waals surface area contributed by atoms with Gasteiger partial charge < -0.3 is 14.6 Å². The highest BCUT2D eigenvalue weighted by molar-refractivity contribution is 5.69. The number of nitrogens with one attached hydrogen (secondary N) is 1. The molecule has 3 atom stereocenters. The standard InChI is InChI=1S/C22H33N5O7/c1-15-13-27(22(32)24-21(15)31)18-12-16(25-26-23)17(34-18)14-33-20(30)11-9-7-5-3-2-4-6-8-10-19(28)29/h13,16-18H,2-12,14H2,1H3,(H,28,29)(H,24,31,32)/t16-,17+,18+/m0/s1. The first-order valence-electron chi connectivity index (χ1n) is 11.7. The number of aliphatic carboxylic acids is 1. The fraction of sp³-hybridized carbons (Fsp3) is 0.727. The lowest BCUT2D eigenvalue weighted by Crippen LogP contribution is -2.33. The van der Waals surface area contributed by atoms with Crippen molar-refractivity contribution < 1.29 is 24.2 Å². The Balaban J connectivity index is 1.68. The molecule has 1 aliphatic rings. The Morgan fingerprint density at radius 2 is 1.79 bits per heavy atom. The monoisotopic (exact) mass is 479 g/mol. The van der Waals surface area contributed by atoms with Crippen LogP contribution in [0.5, 0.6) is 0 Å². The molecule has 12 heteroatoms. The van der Waals surface area contributed by atoms with E-state index in [1.165, 1.54) is 10.8 Å². The van der Waals surface area contributed by atoms with Crippen molar-refractivity contribution in [1.82, 2.24) is 9.55 Å². The van der Waals surface area contributed by atoms with E-state index < -0.39 is 35.6 Å². The maximum Gasteiger partial charge on any atom is 0.330 e. The topological polar surface area (TPSA) is 176 Å². The summed E-state index contributed by atoms with van der Waals surface area (Å²) in [5.74, 6) is -1.11. The normalized spacial score (nSPS) is 19.5. The molecule has 2 rings (SSSR count). The molecular formula is C22H33N5O7. The molecule has 0 unspecified atom stereocenters. The lowest BCUT2D eigenvalue weighted by atomic mass is 10.1. The van der Waals surface area contributed by atoms with Crippen molar-refractivity contribution in [3.8, 4) is 0 Å². The molecule has 2 N–H and O–H groups in total. The molecule has 0 aromatic carbocycles. The molecule has 1 fully saturated rings. The zero-order valence-electron chi connectivity index (χ0n) is 19.5. The van der Waals surface area contributed by atoms with Gasteiger partial charge in [0.25, 0.3) is 5.56 Å². The second-order valence-corrected chi connectivity index (χ2v) is 8.52. The number of aromatic amines is 1. The van der Waals surface area contributed by atoms with Crippen LogP contribution in [-0.2, 0) is 19.1 Å². The summed E-state index contributed by atoms with van der Waals surface area (Å²) >= 11 is 0. The molecule has 1 saturated heterocycles. The van der Waals surface area contributed by atoms with Crippen LogP contribution in [0.15, 0.2) is 20.9 Å². The van der Waals surface area contributed by atoms with Gasteiger partial charge in [-0.15, -0.1) is 0 Å². The fourth-order valence-electron chi connectivity index (χ4n) is 3.88. The Hall–Kier alpha value is -3.11. The first kappa shape index (κ1) is 27.1. The summed E-state index contributed by atoms with van der Waals surface area (Å²) in [6.45, 7) is 1.48. The molecule has 1 aromatic rings. The Labute approximate surface area is 196 Å². The predicted molar refractivity (Wildman–Crippen MR) is 122 cm³/mol. The molecule has 1 aliphatic heterocycles. The molecular weight excluding hydrogens is 446 g/mol. The highest BCUT2D eigenvalue weighted by Gasteiger charge is 2.37. The van der Waals surface area contributed by atoms with Gasteiger partial charge in [0.15, 0.2) is 0 Å². The molecule has 0 radical (unpaired) electrons. The zero-order valence-corrected chi connectivity index (χ0v) is 19.5. The second-order valence-electron chi connectivity index (χ2n) is 8.52. The van der Waals surface area contributed by atoms with Crippen LogP contribution in [0.2, 0.25) is 0 Å². The number of carboxylic acids is 1. The van der Waals surface area contributed by atoms with Crippen LogP contribution in [0.1, 0.15) is 82.4 Å². The number of aromatic nitrogens is 2. The van der Waals surface area contributed by atoms with Gasteiger partial charge >= 0.3 is 17.6 Å². The van der Waals surface area contributed by atoms with Crippen molar-refractivity contribution in [3.63, 3.8) is 0 Å². The molecule has 0 amide bonds. The van der Waals surface area contributed by atoms with Crippen LogP contribution in [0.25, 0.3) is 10.4 Å². The van der Waals surface area contributed by atoms with Gasteiger partial charge in [-0.2, -0.15) is 0 Å². The molecule has 2 heterocycles. The van der Waals surface area contributed by atoms with E-state index >= 15 is 0 Å². The lowest BCUT2D eigenvalue weighted by molar-refractivity contribution is -0.148. The number of hydrogen-bond acceptors (Lipinski definition) is 7. The Morgan fingerprint density at radius 3 is 2.41 bits per heavy atom. The minimum Gasteiger partial charge on any atom is -0.481 e. The molecule has 1 aromatic heterocycles.